The van der Waals surface area contributed by atoms with Crippen LogP contribution in [0.4, 0.5) is 0 Å². The van der Waals surface area contributed by atoms with Gasteiger partial charge in [-0.2, -0.15) is 0 Å². The number of methoxy groups -OCH3 is 1. The van der Waals surface area contributed by atoms with Crippen LogP contribution in [0.25, 0.3) is 0 Å². The van der Waals surface area contributed by atoms with Crippen molar-refractivity contribution in [2.24, 2.45) is 5.41 Å². The SMILES string of the molecule is COC1CC(NCCOC(C)(C)C)C1(C)C. The average molecular weight is 229 g/mol. The second kappa shape index (κ2) is 5.03. The van der Waals surface area contributed by atoms with E-state index in [-0.39, 0.29) is 11.0 Å². The van der Waals surface area contributed by atoms with E-state index >= 15 is 0 Å². The first-order valence-electron chi connectivity index (χ1n) is 6.17. The molecule has 1 aliphatic rings. The zero-order chi connectivity index (χ0) is 12.4. The Morgan fingerprint density at radius 1 is 1.31 bits per heavy atom. The normalized spacial score (nSPS) is 28.9. The van der Waals surface area contributed by atoms with Crippen molar-refractivity contribution in [3.05, 3.63) is 0 Å². The molecule has 2 unspecified atom stereocenters. The molecule has 1 aliphatic carbocycles. The average Bonchev–Trinajstić information content (AvgIpc) is 2.13. The molecule has 0 radical (unpaired) electrons. The highest BCUT2D eigenvalue weighted by atomic mass is 16.5. The van der Waals surface area contributed by atoms with Crippen LogP contribution in [0.1, 0.15) is 41.0 Å². The monoisotopic (exact) mass is 229 g/mol. The van der Waals surface area contributed by atoms with Crippen molar-refractivity contribution >= 4 is 0 Å². The molecular formula is C13H27NO2. The summed E-state index contributed by atoms with van der Waals surface area (Å²) in [6, 6.07) is 0.556. The fourth-order valence-corrected chi connectivity index (χ4v) is 2.22. The minimum absolute atomic E-state index is 0.0358. The topological polar surface area (TPSA) is 30.5 Å². The lowest BCUT2D eigenvalue weighted by Crippen LogP contribution is -2.61. The first-order chi connectivity index (χ1) is 7.27. The van der Waals surface area contributed by atoms with Gasteiger partial charge in [-0.25, -0.2) is 0 Å². The molecule has 0 saturated heterocycles. The van der Waals surface area contributed by atoms with Crippen molar-refractivity contribution in [2.45, 2.75) is 58.8 Å². The van der Waals surface area contributed by atoms with Gasteiger partial charge in [0.05, 0.1) is 18.3 Å². The molecule has 0 heterocycles. The van der Waals surface area contributed by atoms with Gasteiger partial charge in [-0.05, 0) is 27.2 Å². The van der Waals surface area contributed by atoms with Crippen LogP contribution < -0.4 is 5.32 Å². The van der Waals surface area contributed by atoms with Gasteiger partial charge in [-0.15, -0.1) is 0 Å². The lowest BCUT2D eigenvalue weighted by Gasteiger charge is -2.51. The summed E-state index contributed by atoms with van der Waals surface area (Å²) in [6.45, 7) is 12.5. The Labute approximate surface area is 99.9 Å². The van der Waals surface area contributed by atoms with Gasteiger partial charge in [0.15, 0.2) is 0 Å². The highest BCUT2D eigenvalue weighted by Gasteiger charge is 2.47. The van der Waals surface area contributed by atoms with Gasteiger partial charge in [-0.1, -0.05) is 13.8 Å². The molecule has 3 heteroatoms. The fourth-order valence-electron chi connectivity index (χ4n) is 2.22. The molecule has 3 nitrogen and oxygen atoms in total. The second-order valence-corrected chi connectivity index (χ2v) is 6.25. The van der Waals surface area contributed by atoms with E-state index in [2.05, 4.69) is 39.9 Å². The first-order valence-corrected chi connectivity index (χ1v) is 6.17. The molecule has 0 spiro atoms. The molecule has 1 N–H and O–H groups in total. The van der Waals surface area contributed by atoms with Crippen molar-refractivity contribution < 1.29 is 9.47 Å². The number of ether oxygens (including phenoxy) is 2. The highest BCUT2D eigenvalue weighted by molar-refractivity contribution is 5.02. The molecule has 96 valence electrons. The van der Waals surface area contributed by atoms with Crippen molar-refractivity contribution in [3.8, 4) is 0 Å². The lowest BCUT2D eigenvalue weighted by molar-refractivity contribution is -0.0998. The van der Waals surface area contributed by atoms with E-state index in [1.165, 1.54) is 0 Å². The zero-order valence-electron chi connectivity index (χ0n) is 11.6. The van der Waals surface area contributed by atoms with Gasteiger partial charge in [0, 0.05) is 25.1 Å². The molecule has 0 amide bonds. The van der Waals surface area contributed by atoms with Crippen LogP contribution in [-0.2, 0) is 9.47 Å². The van der Waals surface area contributed by atoms with Crippen molar-refractivity contribution in [1.29, 1.82) is 0 Å². The zero-order valence-corrected chi connectivity index (χ0v) is 11.6. The Bertz CT molecular complexity index is 220. The van der Waals surface area contributed by atoms with Gasteiger partial charge in [0.1, 0.15) is 0 Å². The third-order valence-electron chi connectivity index (χ3n) is 3.49. The first kappa shape index (κ1) is 13.9. The molecule has 0 aromatic heterocycles. The van der Waals surface area contributed by atoms with E-state index in [4.69, 9.17) is 9.47 Å². The molecule has 1 rings (SSSR count). The van der Waals surface area contributed by atoms with Crippen LogP contribution in [-0.4, -0.2) is 38.0 Å². The predicted octanol–water partition coefficient (Wildman–Crippen LogP) is 2.20. The van der Waals surface area contributed by atoms with E-state index in [1.54, 1.807) is 7.11 Å². The summed E-state index contributed by atoms with van der Waals surface area (Å²) in [7, 11) is 1.80. The number of hydrogen-bond donors (Lipinski definition) is 1. The Kier molecular flexibility index (Phi) is 4.38. The Morgan fingerprint density at radius 3 is 2.38 bits per heavy atom. The van der Waals surface area contributed by atoms with E-state index in [0.29, 0.717) is 12.1 Å². The smallest absolute Gasteiger partial charge is 0.0652 e. The predicted molar refractivity (Wildman–Crippen MR) is 66.7 cm³/mol. The summed E-state index contributed by atoms with van der Waals surface area (Å²) in [5.41, 5.74) is 0.211. The Hall–Kier alpha value is -0.120. The summed E-state index contributed by atoms with van der Waals surface area (Å²) in [5.74, 6) is 0. The molecule has 1 fully saturated rings. The minimum Gasteiger partial charge on any atom is -0.381 e. The number of nitrogens with one attached hydrogen (secondary N) is 1. The maximum absolute atomic E-state index is 5.68. The van der Waals surface area contributed by atoms with Crippen LogP contribution in [0, 0.1) is 5.41 Å². The summed E-state index contributed by atoms with van der Waals surface area (Å²) >= 11 is 0. The largest absolute Gasteiger partial charge is 0.381 e. The summed E-state index contributed by atoms with van der Waals surface area (Å²) in [6.07, 6.45) is 1.51. The van der Waals surface area contributed by atoms with Gasteiger partial charge >= 0.3 is 0 Å². The molecule has 0 aliphatic heterocycles. The fraction of sp³-hybridized carbons (Fsp3) is 1.00. The maximum Gasteiger partial charge on any atom is 0.0652 e. The number of rotatable bonds is 5. The van der Waals surface area contributed by atoms with Gasteiger partial charge in [-0.3, -0.25) is 0 Å². The van der Waals surface area contributed by atoms with Crippen molar-refractivity contribution in [2.75, 3.05) is 20.3 Å². The third kappa shape index (κ3) is 3.44. The molecule has 2 atom stereocenters. The molecule has 16 heavy (non-hydrogen) atoms. The summed E-state index contributed by atoms with van der Waals surface area (Å²) < 4.78 is 11.1. The number of hydrogen-bond acceptors (Lipinski definition) is 3. The van der Waals surface area contributed by atoms with E-state index < -0.39 is 0 Å². The van der Waals surface area contributed by atoms with Crippen molar-refractivity contribution in [1.82, 2.24) is 5.32 Å². The van der Waals surface area contributed by atoms with Crippen LogP contribution in [0.15, 0.2) is 0 Å². The summed E-state index contributed by atoms with van der Waals surface area (Å²) in [4.78, 5) is 0. The Morgan fingerprint density at radius 2 is 1.94 bits per heavy atom. The maximum atomic E-state index is 5.68. The minimum atomic E-state index is -0.0358. The molecular weight excluding hydrogens is 202 g/mol. The summed E-state index contributed by atoms with van der Waals surface area (Å²) in [5, 5.41) is 3.54. The third-order valence-corrected chi connectivity index (χ3v) is 3.49. The van der Waals surface area contributed by atoms with E-state index in [9.17, 15) is 0 Å². The highest BCUT2D eigenvalue weighted by Crippen LogP contribution is 2.42. The standard InChI is InChI=1S/C13H27NO2/c1-12(2,3)16-8-7-14-10-9-11(15-6)13(10,4)5/h10-11,14H,7-9H2,1-6H3. The van der Waals surface area contributed by atoms with Gasteiger partial charge < -0.3 is 14.8 Å². The second-order valence-electron chi connectivity index (χ2n) is 6.25. The van der Waals surface area contributed by atoms with E-state index in [1.807, 2.05) is 0 Å². The van der Waals surface area contributed by atoms with Crippen LogP contribution >= 0.6 is 0 Å². The van der Waals surface area contributed by atoms with Gasteiger partial charge in [0.25, 0.3) is 0 Å². The Balaban J connectivity index is 2.16. The molecule has 0 aromatic carbocycles. The van der Waals surface area contributed by atoms with E-state index in [0.717, 1.165) is 19.6 Å². The van der Waals surface area contributed by atoms with Crippen LogP contribution in [0.2, 0.25) is 0 Å². The molecule has 0 aromatic rings. The lowest BCUT2D eigenvalue weighted by atomic mass is 9.64. The quantitative estimate of drug-likeness (QED) is 0.733. The van der Waals surface area contributed by atoms with Crippen molar-refractivity contribution in [3.63, 3.8) is 0 Å². The molecule has 1 saturated carbocycles. The van der Waals surface area contributed by atoms with Crippen LogP contribution in [0.5, 0.6) is 0 Å². The molecule has 0 bridgehead atoms. The van der Waals surface area contributed by atoms with Crippen LogP contribution in [0.3, 0.4) is 0 Å². The van der Waals surface area contributed by atoms with Gasteiger partial charge in [0.2, 0.25) is 0 Å².